The Labute approximate surface area is 171 Å². The number of nitrogens with one attached hydrogen (secondary N) is 1. The summed E-state index contributed by atoms with van der Waals surface area (Å²) in [6.45, 7) is 11.8. The Morgan fingerprint density at radius 3 is 2.46 bits per heavy atom. The average molecular weight is 386 g/mol. The van der Waals surface area contributed by atoms with Crippen LogP contribution in [0.15, 0.2) is 24.3 Å². The number of amides is 2. The van der Waals surface area contributed by atoms with Gasteiger partial charge < -0.3 is 15.1 Å². The molecule has 156 valence electrons. The van der Waals surface area contributed by atoms with E-state index in [4.69, 9.17) is 0 Å². The Hall–Kier alpha value is -1.55. The molecule has 1 saturated heterocycles. The van der Waals surface area contributed by atoms with E-state index >= 15 is 0 Å². The fraction of sp³-hybridized carbons (Fsp3) is 0.708. The van der Waals surface area contributed by atoms with E-state index in [0.29, 0.717) is 11.5 Å². The standard InChI is InChI=1S/C24H39N3O/c1-18(17-23(2,3)4)27-15-13-24(14-16-27)12-11-21(25-22(28)26(5)6)19-9-7-8-10-20(19)24/h7-10,18,21H,11-17H2,1-6H3,(H,25,28)/t18?,21-/m0/s1. The van der Waals surface area contributed by atoms with Crippen molar-refractivity contribution in [2.45, 2.75) is 77.3 Å². The first-order valence-electron chi connectivity index (χ1n) is 10.9. The molecule has 3 rings (SSSR count). The number of carbonyl (C=O) groups is 1. The first kappa shape index (κ1) is 21.2. The smallest absolute Gasteiger partial charge is 0.317 e. The second-order valence-electron chi connectivity index (χ2n) is 10.5. The highest BCUT2D eigenvalue weighted by Crippen LogP contribution is 2.48. The molecule has 2 aliphatic rings. The highest BCUT2D eigenvalue weighted by Gasteiger charge is 2.42. The number of urea groups is 1. The topological polar surface area (TPSA) is 35.6 Å². The van der Waals surface area contributed by atoms with E-state index in [1.165, 1.54) is 49.9 Å². The summed E-state index contributed by atoms with van der Waals surface area (Å²) in [4.78, 5) is 16.5. The fourth-order valence-electron chi connectivity index (χ4n) is 5.35. The van der Waals surface area contributed by atoms with Crippen molar-refractivity contribution in [3.63, 3.8) is 0 Å². The van der Waals surface area contributed by atoms with Gasteiger partial charge in [-0.05, 0) is 74.1 Å². The lowest BCUT2D eigenvalue weighted by molar-refractivity contribution is 0.0881. The van der Waals surface area contributed by atoms with Crippen molar-refractivity contribution in [3.8, 4) is 0 Å². The van der Waals surface area contributed by atoms with Gasteiger partial charge in [-0.1, -0.05) is 45.0 Å². The zero-order chi connectivity index (χ0) is 20.5. The molecule has 1 fully saturated rings. The number of carbonyl (C=O) groups excluding carboxylic acids is 1. The van der Waals surface area contributed by atoms with Crippen LogP contribution in [0.4, 0.5) is 4.79 Å². The first-order chi connectivity index (χ1) is 13.1. The maximum absolute atomic E-state index is 12.2. The van der Waals surface area contributed by atoms with E-state index in [1.807, 2.05) is 0 Å². The summed E-state index contributed by atoms with van der Waals surface area (Å²) in [6.07, 6.45) is 5.91. The molecule has 0 aromatic heterocycles. The van der Waals surface area contributed by atoms with Crippen molar-refractivity contribution >= 4 is 6.03 Å². The third-order valence-electron chi connectivity index (χ3n) is 6.81. The van der Waals surface area contributed by atoms with Gasteiger partial charge in [-0.2, -0.15) is 0 Å². The molecule has 4 nitrogen and oxygen atoms in total. The van der Waals surface area contributed by atoms with Crippen LogP contribution in [0.1, 0.15) is 77.0 Å². The molecular weight excluding hydrogens is 346 g/mol. The van der Waals surface area contributed by atoms with Gasteiger partial charge >= 0.3 is 6.03 Å². The maximum atomic E-state index is 12.2. The predicted molar refractivity (Wildman–Crippen MR) is 117 cm³/mol. The second-order valence-corrected chi connectivity index (χ2v) is 10.5. The summed E-state index contributed by atoms with van der Waals surface area (Å²) in [6, 6.07) is 9.61. The van der Waals surface area contributed by atoms with Gasteiger partial charge in [-0.3, -0.25) is 0 Å². The summed E-state index contributed by atoms with van der Waals surface area (Å²) >= 11 is 0. The van der Waals surface area contributed by atoms with Crippen LogP contribution in [0.5, 0.6) is 0 Å². The molecular formula is C24H39N3O. The molecule has 2 amide bonds. The van der Waals surface area contributed by atoms with Crippen LogP contribution in [-0.4, -0.2) is 49.1 Å². The normalized spacial score (nSPS) is 23.1. The van der Waals surface area contributed by atoms with Gasteiger partial charge in [-0.15, -0.1) is 0 Å². The zero-order valence-corrected chi connectivity index (χ0v) is 18.7. The van der Waals surface area contributed by atoms with E-state index in [-0.39, 0.29) is 17.5 Å². The largest absolute Gasteiger partial charge is 0.331 e. The summed E-state index contributed by atoms with van der Waals surface area (Å²) < 4.78 is 0. The van der Waals surface area contributed by atoms with Gasteiger partial charge in [-0.25, -0.2) is 4.79 Å². The molecule has 0 radical (unpaired) electrons. The highest BCUT2D eigenvalue weighted by atomic mass is 16.2. The van der Waals surface area contributed by atoms with Gasteiger partial charge in [0.1, 0.15) is 0 Å². The molecule has 1 aromatic rings. The molecule has 28 heavy (non-hydrogen) atoms. The highest BCUT2D eigenvalue weighted by molar-refractivity contribution is 5.74. The van der Waals surface area contributed by atoms with E-state index in [1.54, 1.807) is 19.0 Å². The van der Waals surface area contributed by atoms with Gasteiger partial charge in [0.05, 0.1) is 6.04 Å². The van der Waals surface area contributed by atoms with E-state index in [0.717, 1.165) is 6.42 Å². The second kappa shape index (κ2) is 8.06. The lowest BCUT2D eigenvalue weighted by atomic mass is 9.63. The number of benzene rings is 1. The number of fused-ring (bicyclic) bond motifs is 2. The van der Waals surface area contributed by atoms with Crippen LogP contribution < -0.4 is 5.32 Å². The Morgan fingerprint density at radius 1 is 1.21 bits per heavy atom. The lowest BCUT2D eigenvalue weighted by Crippen LogP contribution is -2.49. The van der Waals surface area contributed by atoms with Gasteiger partial charge in [0.2, 0.25) is 0 Å². The summed E-state index contributed by atoms with van der Waals surface area (Å²) in [5.74, 6) is 0. The number of likely N-dealkylation sites (tertiary alicyclic amines) is 1. The number of hydrogen-bond donors (Lipinski definition) is 1. The van der Waals surface area contributed by atoms with E-state index in [9.17, 15) is 4.79 Å². The van der Waals surface area contributed by atoms with Crippen molar-refractivity contribution in [1.29, 1.82) is 0 Å². The number of nitrogens with zero attached hydrogens (tertiary/aromatic N) is 2. The number of rotatable bonds is 3. The predicted octanol–water partition coefficient (Wildman–Crippen LogP) is 4.95. The molecule has 0 bridgehead atoms. The third-order valence-corrected chi connectivity index (χ3v) is 6.81. The zero-order valence-electron chi connectivity index (χ0n) is 18.7. The molecule has 1 spiro atoms. The molecule has 1 aromatic carbocycles. The van der Waals surface area contributed by atoms with Gasteiger partial charge in [0.15, 0.2) is 0 Å². The molecule has 0 saturated carbocycles. The van der Waals surface area contributed by atoms with Crippen LogP contribution in [-0.2, 0) is 5.41 Å². The quantitative estimate of drug-likeness (QED) is 0.799. The molecule has 4 heteroatoms. The first-order valence-corrected chi connectivity index (χ1v) is 10.9. The molecule has 1 N–H and O–H groups in total. The molecule has 1 heterocycles. The summed E-state index contributed by atoms with van der Waals surface area (Å²) in [5.41, 5.74) is 3.48. The van der Waals surface area contributed by atoms with Crippen molar-refractivity contribution < 1.29 is 4.79 Å². The van der Waals surface area contributed by atoms with Crippen LogP contribution >= 0.6 is 0 Å². The lowest BCUT2D eigenvalue weighted by Gasteiger charge is -2.49. The Morgan fingerprint density at radius 2 is 1.86 bits per heavy atom. The van der Waals surface area contributed by atoms with E-state index in [2.05, 4.69) is 62.2 Å². The van der Waals surface area contributed by atoms with Crippen molar-refractivity contribution in [2.75, 3.05) is 27.2 Å². The van der Waals surface area contributed by atoms with Crippen LogP contribution in [0.3, 0.4) is 0 Å². The van der Waals surface area contributed by atoms with Crippen molar-refractivity contribution in [3.05, 3.63) is 35.4 Å². The third kappa shape index (κ3) is 4.53. The SMILES string of the molecule is CC(CC(C)(C)C)N1CCC2(CC[C@H](NC(=O)N(C)C)c3ccccc32)CC1. The van der Waals surface area contributed by atoms with E-state index < -0.39 is 0 Å². The van der Waals surface area contributed by atoms with Gasteiger partial charge in [0, 0.05) is 20.1 Å². The van der Waals surface area contributed by atoms with Crippen molar-refractivity contribution in [2.24, 2.45) is 5.41 Å². The molecule has 1 unspecified atom stereocenters. The minimum atomic E-state index is 0.00146. The Bertz CT molecular complexity index is 683. The van der Waals surface area contributed by atoms with Crippen LogP contribution in [0.2, 0.25) is 0 Å². The molecule has 1 aliphatic heterocycles. The number of piperidine rings is 1. The minimum Gasteiger partial charge on any atom is -0.331 e. The summed E-state index contributed by atoms with van der Waals surface area (Å²) in [5, 5.41) is 3.23. The van der Waals surface area contributed by atoms with Crippen LogP contribution in [0.25, 0.3) is 0 Å². The fourth-order valence-corrected chi connectivity index (χ4v) is 5.35. The van der Waals surface area contributed by atoms with Crippen molar-refractivity contribution in [1.82, 2.24) is 15.1 Å². The summed E-state index contributed by atoms with van der Waals surface area (Å²) in [7, 11) is 3.61. The maximum Gasteiger partial charge on any atom is 0.317 e. The Kier molecular flexibility index (Phi) is 6.09. The molecule has 1 aliphatic carbocycles. The minimum absolute atomic E-state index is 0.00146. The van der Waals surface area contributed by atoms with Crippen LogP contribution in [0, 0.1) is 5.41 Å². The molecule has 2 atom stereocenters. The Balaban J connectivity index is 1.74. The average Bonchev–Trinajstić information content (AvgIpc) is 2.63. The monoisotopic (exact) mass is 385 g/mol. The van der Waals surface area contributed by atoms with Gasteiger partial charge in [0.25, 0.3) is 0 Å². The number of hydrogen-bond acceptors (Lipinski definition) is 2.